The Balaban J connectivity index is 1.80. The highest BCUT2D eigenvalue weighted by atomic mass is 16.6. The number of aryl methyl sites for hydroxylation is 1. The van der Waals surface area contributed by atoms with Crippen molar-refractivity contribution in [2.45, 2.75) is 13.5 Å². The molecule has 0 saturated heterocycles. The minimum Gasteiger partial charge on any atom is -0.399 e. The third kappa shape index (κ3) is 2.36. The van der Waals surface area contributed by atoms with Crippen LogP contribution in [0.3, 0.4) is 0 Å². The molecule has 0 fully saturated rings. The lowest BCUT2D eigenvalue weighted by molar-refractivity contribution is 0.389. The van der Waals surface area contributed by atoms with Crippen molar-refractivity contribution in [2.75, 3.05) is 0 Å². The molecular weight excluding hydrogens is 350 g/mol. The summed E-state index contributed by atoms with van der Waals surface area (Å²) in [6.45, 7) is 2.87. The van der Waals surface area contributed by atoms with Gasteiger partial charge in [0.25, 0.3) is 0 Å². The normalized spacial score (nSPS) is 11.6. The molecule has 0 N–H and O–H groups in total. The monoisotopic (exact) mass is 363 g/mol. The van der Waals surface area contributed by atoms with Crippen LogP contribution in [0.4, 0.5) is 0 Å². The topological polar surface area (TPSA) is 91.6 Å². The van der Waals surface area contributed by atoms with Gasteiger partial charge in [-0.25, -0.2) is 9.59 Å². The van der Waals surface area contributed by atoms with Gasteiger partial charge in [0, 0.05) is 39.5 Å². The summed E-state index contributed by atoms with van der Waals surface area (Å²) in [6.07, 6.45) is 2.60. The largest absolute Gasteiger partial charge is 0.519 e. The van der Waals surface area contributed by atoms with Crippen molar-refractivity contribution in [2.24, 2.45) is 0 Å². The van der Waals surface area contributed by atoms with Gasteiger partial charge in [0.2, 0.25) is 0 Å². The molecular formula is C20H13NO6. The van der Waals surface area contributed by atoms with Crippen LogP contribution in [0.5, 0.6) is 0 Å². The lowest BCUT2D eigenvalue weighted by Gasteiger charge is -2.03. The molecule has 0 bridgehead atoms. The number of aromatic nitrogens is 1. The van der Waals surface area contributed by atoms with Gasteiger partial charge in [0.15, 0.2) is 11.5 Å². The first-order chi connectivity index (χ1) is 13.1. The van der Waals surface area contributed by atoms with E-state index in [0.29, 0.717) is 11.5 Å². The smallest absolute Gasteiger partial charge is 0.399 e. The second-order valence-electron chi connectivity index (χ2n) is 6.11. The number of fused-ring (bicyclic) bond motifs is 3. The van der Waals surface area contributed by atoms with Crippen molar-refractivity contribution in [3.63, 3.8) is 0 Å². The average molecular weight is 363 g/mol. The molecule has 0 saturated carbocycles. The second-order valence-corrected chi connectivity index (χ2v) is 6.11. The molecule has 2 aromatic carbocycles. The van der Waals surface area contributed by atoms with Gasteiger partial charge in [-0.05, 0) is 43.3 Å². The standard InChI is InChI=1S/C20H13NO6/c1-2-21-15-5-3-11(17-9-24-19(22)26-17)7-13(15)14-8-12(4-6-16(14)21)18-10-25-20(23)27-18/h3-10H,2H2,1H3. The third-order valence-electron chi connectivity index (χ3n) is 4.66. The quantitative estimate of drug-likeness (QED) is 0.476. The molecule has 3 heterocycles. The molecule has 0 radical (unpaired) electrons. The Labute approximate surface area is 151 Å². The van der Waals surface area contributed by atoms with Gasteiger partial charge in [-0.3, -0.25) is 0 Å². The van der Waals surface area contributed by atoms with Crippen LogP contribution in [0.15, 0.2) is 76.2 Å². The first-order valence-electron chi connectivity index (χ1n) is 8.38. The van der Waals surface area contributed by atoms with Crippen LogP contribution in [0.25, 0.3) is 44.5 Å². The van der Waals surface area contributed by atoms with E-state index in [4.69, 9.17) is 17.7 Å². The predicted octanol–water partition coefficient (Wildman–Crippen LogP) is 4.24. The average Bonchev–Trinajstić information content (AvgIpc) is 3.38. The zero-order valence-corrected chi connectivity index (χ0v) is 14.2. The molecule has 3 aromatic heterocycles. The Morgan fingerprint density at radius 3 is 1.63 bits per heavy atom. The van der Waals surface area contributed by atoms with Crippen molar-refractivity contribution < 1.29 is 17.7 Å². The van der Waals surface area contributed by atoms with Gasteiger partial charge in [0.05, 0.1) is 0 Å². The summed E-state index contributed by atoms with van der Waals surface area (Å²) < 4.78 is 21.8. The van der Waals surface area contributed by atoms with Crippen LogP contribution in [-0.4, -0.2) is 4.57 Å². The van der Waals surface area contributed by atoms with Gasteiger partial charge in [-0.15, -0.1) is 0 Å². The lowest BCUT2D eigenvalue weighted by atomic mass is 10.1. The molecule has 0 spiro atoms. The molecule has 27 heavy (non-hydrogen) atoms. The fourth-order valence-corrected chi connectivity index (χ4v) is 3.48. The fourth-order valence-electron chi connectivity index (χ4n) is 3.48. The third-order valence-corrected chi connectivity index (χ3v) is 4.66. The molecule has 0 aliphatic carbocycles. The molecule has 7 nitrogen and oxygen atoms in total. The molecule has 5 aromatic rings. The van der Waals surface area contributed by atoms with E-state index in [1.165, 1.54) is 12.5 Å². The summed E-state index contributed by atoms with van der Waals surface area (Å²) >= 11 is 0. The van der Waals surface area contributed by atoms with Crippen LogP contribution in [-0.2, 0) is 6.54 Å². The molecule has 134 valence electrons. The van der Waals surface area contributed by atoms with E-state index >= 15 is 0 Å². The van der Waals surface area contributed by atoms with Gasteiger partial charge in [0.1, 0.15) is 12.5 Å². The Morgan fingerprint density at radius 1 is 0.778 bits per heavy atom. The van der Waals surface area contributed by atoms with Gasteiger partial charge in [-0.2, -0.15) is 0 Å². The SMILES string of the molecule is CCn1c2ccc(-c3coc(=O)o3)cc2c2cc(-c3coc(=O)o3)ccc21. The van der Waals surface area contributed by atoms with E-state index in [1.54, 1.807) is 0 Å². The van der Waals surface area contributed by atoms with E-state index in [2.05, 4.69) is 11.5 Å². The van der Waals surface area contributed by atoms with Crippen LogP contribution in [0, 0.1) is 0 Å². The maximum absolute atomic E-state index is 11.2. The van der Waals surface area contributed by atoms with Crippen molar-refractivity contribution in [1.29, 1.82) is 0 Å². The zero-order valence-electron chi connectivity index (χ0n) is 14.2. The van der Waals surface area contributed by atoms with Crippen LogP contribution < -0.4 is 11.6 Å². The molecule has 0 atom stereocenters. The van der Waals surface area contributed by atoms with Crippen LogP contribution in [0.1, 0.15) is 6.92 Å². The van der Waals surface area contributed by atoms with E-state index < -0.39 is 11.6 Å². The second kappa shape index (κ2) is 5.63. The van der Waals surface area contributed by atoms with Gasteiger partial charge >= 0.3 is 11.6 Å². The lowest BCUT2D eigenvalue weighted by Crippen LogP contribution is -1.92. The van der Waals surface area contributed by atoms with Crippen molar-refractivity contribution in [3.8, 4) is 22.6 Å². The molecule has 0 aliphatic rings. The van der Waals surface area contributed by atoms with Crippen molar-refractivity contribution in [1.82, 2.24) is 4.57 Å². The maximum atomic E-state index is 11.2. The van der Waals surface area contributed by atoms with E-state index in [-0.39, 0.29) is 0 Å². The summed E-state index contributed by atoms with van der Waals surface area (Å²) in [5.41, 5.74) is 3.58. The minimum absolute atomic E-state index is 0.372. The highest BCUT2D eigenvalue weighted by Gasteiger charge is 2.15. The number of hydrogen-bond donors (Lipinski definition) is 0. The van der Waals surface area contributed by atoms with Crippen molar-refractivity contribution in [3.05, 3.63) is 70.2 Å². The minimum atomic E-state index is -0.738. The van der Waals surface area contributed by atoms with E-state index in [0.717, 1.165) is 39.5 Å². The van der Waals surface area contributed by atoms with Crippen LogP contribution >= 0.6 is 0 Å². The van der Waals surface area contributed by atoms with Gasteiger partial charge < -0.3 is 22.2 Å². The number of benzene rings is 2. The molecule has 0 unspecified atom stereocenters. The summed E-state index contributed by atoms with van der Waals surface area (Å²) in [4.78, 5) is 22.4. The Bertz CT molecular complexity index is 1300. The molecule has 0 amide bonds. The molecule has 0 aliphatic heterocycles. The zero-order chi connectivity index (χ0) is 18.5. The highest BCUT2D eigenvalue weighted by Crippen LogP contribution is 2.35. The maximum Gasteiger partial charge on any atom is 0.519 e. The van der Waals surface area contributed by atoms with E-state index in [1.807, 2.05) is 36.4 Å². The summed E-state index contributed by atoms with van der Waals surface area (Å²) in [6, 6.07) is 11.6. The summed E-state index contributed by atoms with van der Waals surface area (Å²) in [5.74, 6) is -0.732. The first-order valence-corrected chi connectivity index (χ1v) is 8.38. The molecule has 7 heteroatoms. The predicted molar refractivity (Wildman–Crippen MR) is 97.6 cm³/mol. The molecule has 5 rings (SSSR count). The Morgan fingerprint density at radius 2 is 1.26 bits per heavy atom. The van der Waals surface area contributed by atoms with Gasteiger partial charge in [-0.1, -0.05) is 0 Å². The van der Waals surface area contributed by atoms with Crippen LogP contribution in [0.2, 0.25) is 0 Å². The number of nitrogens with zero attached hydrogens (tertiary/aromatic N) is 1. The highest BCUT2D eigenvalue weighted by molar-refractivity contribution is 6.10. The van der Waals surface area contributed by atoms with Crippen molar-refractivity contribution >= 4 is 21.8 Å². The van der Waals surface area contributed by atoms with E-state index in [9.17, 15) is 9.59 Å². The number of rotatable bonds is 3. The first kappa shape index (κ1) is 15.5. The summed E-state index contributed by atoms with van der Waals surface area (Å²) in [7, 11) is 0. The Kier molecular flexibility index (Phi) is 3.24. The fraction of sp³-hybridized carbons (Fsp3) is 0.100. The number of hydrogen-bond acceptors (Lipinski definition) is 6. The summed E-state index contributed by atoms with van der Waals surface area (Å²) in [5, 5.41) is 1.97. The Hall–Kier alpha value is -3.74.